The lowest BCUT2D eigenvalue weighted by Gasteiger charge is -2.26. The molecule has 0 N–H and O–H groups in total. The second kappa shape index (κ2) is 7.82. The zero-order valence-electron chi connectivity index (χ0n) is 16.7. The van der Waals surface area contributed by atoms with E-state index in [2.05, 4.69) is 12.0 Å². The van der Waals surface area contributed by atoms with Crippen LogP contribution in [0.2, 0.25) is 0 Å². The molecular weight excluding hydrogens is 346 g/mol. The fourth-order valence-electron chi connectivity index (χ4n) is 2.75. The maximum absolute atomic E-state index is 13.6. The molecule has 2 rings (SSSR count). The van der Waals surface area contributed by atoms with Crippen molar-refractivity contribution in [1.82, 2.24) is 9.78 Å². The molecule has 2 aromatic rings. The summed E-state index contributed by atoms with van der Waals surface area (Å²) in [4.78, 5) is 0.304. The molecule has 6 heteroatoms. The van der Waals surface area contributed by atoms with Crippen LogP contribution in [0.5, 0.6) is 0 Å². The Kier molecular flexibility index (Phi) is 6.17. The van der Waals surface area contributed by atoms with Crippen LogP contribution in [0.4, 0.5) is 5.69 Å². The van der Waals surface area contributed by atoms with Crippen LogP contribution in [0.3, 0.4) is 0 Å². The fraction of sp³-hybridized carbons (Fsp3) is 0.550. The van der Waals surface area contributed by atoms with Gasteiger partial charge in [0.2, 0.25) is 0 Å². The molecule has 0 atom stereocenters. The van der Waals surface area contributed by atoms with Gasteiger partial charge in [-0.3, -0.25) is 8.99 Å². The molecule has 0 saturated heterocycles. The monoisotopic (exact) mass is 377 g/mol. The summed E-state index contributed by atoms with van der Waals surface area (Å²) < 4.78 is 30.5. The second-order valence-corrected chi connectivity index (χ2v) is 9.76. The largest absolute Gasteiger partial charge is 0.269 e. The van der Waals surface area contributed by atoms with Crippen molar-refractivity contribution in [3.05, 3.63) is 42.2 Å². The van der Waals surface area contributed by atoms with Gasteiger partial charge in [-0.05, 0) is 32.4 Å². The first-order chi connectivity index (χ1) is 12.1. The van der Waals surface area contributed by atoms with Gasteiger partial charge in [0.1, 0.15) is 4.90 Å². The first kappa shape index (κ1) is 20.5. The normalized spacial score (nSPS) is 12.6. The van der Waals surface area contributed by atoms with Crippen molar-refractivity contribution in [1.29, 1.82) is 0 Å². The van der Waals surface area contributed by atoms with Gasteiger partial charge < -0.3 is 0 Å². The third kappa shape index (κ3) is 4.29. The maximum Gasteiger partial charge on any atom is 0.267 e. The average molecular weight is 378 g/mol. The zero-order chi connectivity index (χ0) is 19.5. The summed E-state index contributed by atoms with van der Waals surface area (Å²) in [5.41, 5.74) is 0.942. The standard InChI is InChI=1S/C20H31N3O2S/c1-7-8-14-23(17-12-10-9-11-13-17)26(24,25)18-15-22(16(2)3)21-19(18)20(4,5)6/h9-13,15-16H,7-8,14H2,1-6H3. The third-order valence-corrected chi connectivity index (χ3v) is 6.09. The number of sulfonamides is 1. The number of hydrogen-bond donors (Lipinski definition) is 0. The number of hydrogen-bond acceptors (Lipinski definition) is 3. The predicted molar refractivity (Wildman–Crippen MR) is 107 cm³/mol. The molecule has 1 heterocycles. The molecule has 0 bridgehead atoms. The Morgan fingerprint density at radius 2 is 1.77 bits per heavy atom. The summed E-state index contributed by atoms with van der Waals surface area (Å²) in [5.74, 6) is 0. The number of unbranched alkanes of at least 4 members (excludes halogenated alkanes) is 1. The van der Waals surface area contributed by atoms with Gasteiger partial charge in [-0.15, -0.1) is 0 Å². The minimum Gasteiger partial charge on any atom is -0.269 e. The second-order valence-electron chi connectivity index (χ2n) is 7.93. The molecule has 0 radical (unpaired) electrons. The van der Waals surface area contributed by atoms with E-state index in [4.69, 9.17) is 0 Å². The van der Waals surface area contributed by atoms with E-state index in [0.717, 1.165) is 12.8 Å². The van der Waals surface area contributed by atoms with Crippen molar-refractivity contribution in [3.63, 3.8) is 0 Å². The Labute approximate surface area is 158 Å². The molecule has 0 aliphatic carbocycles. The highest BCUT2D eigenvalue weighted by molar-refractivity contribution is 7.92. The highest BCUT2D eigenvalue weighted by Gasteiger charge is 2.34. The smallest absolute Gasteiger partial charge is 0.267 e. The van der Waals surface area contributed by atoms with Crippen molar-refractivity contribution in [2.75, 3.05) is 10.8 Å². The summed E-state index contributed by atoms with van der Waals surface area (Å²) >= 11 is 0. The Morgan fingerprint density at radius 1 is 1.15 bits per heavy atom. The lowest BCUT2D eigenvalue weighted by Crippen LogP contribution is -2.33. The van der Waals surface area contributed by atoms with Crippen LogP contribution in [0, 0.1) is 0 Å². The Hall–Kier alpha value is -1.82. The molecule has 0 fully saturated rings. The molecule has 0 saturated carbocycles. The Morgan fingerprint density at radius 3 is 2.27 bits per heavy atom. The van der Waals surface area contributed by atoms with Gasteiger partial charge in [-0.25, -0.2) is 8.42 Å². The highest BCUT2D eigenvalue weighted by Crippen LogP contribution is 2.32. The summed E-state index contributed by atoms with van der Waals surface area (Å²) in [6.07, 6.45) is 3.41. The van der Waals surface area contributed by atoms with E-state index in [1.54, 1.807) is 10.9 Å². The maximum atomic E-state index is 13.6. The van der Waals surface area contributed by atoms with E-state index in [-0.39, 0.29) is 11.5 Å². The van der Waals surface area contributed by atoms with Crippen LogP contribution in [0.1, 0.15) is 66.1 Å². The number of aromatic nitrogens is 2. The summed E-state index contributed by atoms with van der Waals surface area (Å²) in [7, 11) is -3.70. The van der Waals surface area contributed by atoms with E-state index in [0.29, 0.717) is 22.8 Å². The summed E-state index contributed by atoms with van der Waals surface area (Å²) in [6.45, 7) is 12.5. The average Bonchev–Trinajstić information content (AvgIpc) is 3.03. The molecule has 0 aliphatic rings. The fourth-order valence-corrected chi connectivity index (χ4v) is 4.59. The molecule has 0 aliphatic heterocycles. The van der Waals surface area contributed by atoms with Crippen LogP contribution in [-0.2, 0) is 15.4 Å². The number of benzene rings is 1. The molecule has 5 nitrogen and oxygen atoms in total. The van der Waals surface area contributed by atoms with Gasteiger partial charge in [-0.2, -0.15) is 5.10 Å². The molecular formula is C20H31N3O2S. The van der Waals surface area contributed by atoms with Crippen LogP contribution < -0.4 is 4.31 Å². The number of nitrogens with zero attached hydrogens (tertiary/aromatic N) is 3. The topological polar surface area (TPSA) is 55.2 Å². The summed E-state index contributed by atoms with van der Waals surface area (Å²) in [5, 5.41) is 4.61. The minimum atomic E-state index is -3.70. The molecule has 0 amide bonds. The highest BCUT2D eigenvalue weighted by atomic mass is 32.2. The first-order valence-corrected chi connectivity index (χ1v) is 10.7. The van der Waals surface area contributed by atoms with Gasteiger partial charge >= 0.3 is 0 Å². The van der Waals surface area contributed by atoms with E-state index >= 15 is 0 Å². The van der Waals surface area contributed by atoms with E-state index in [9.17, 15) is 8.42 Å². The van der Waals surface area contributed by atoms with Crippen LogP contribution in [-0.4, -0.2) is 24.7 Å². The number of para-hydroxylation sites is 1. The van der Waals surface area contributed by atoms with Gasteiger partial charge in [0.15, 0.2) is 0 Å². The molecule has 144 valence electrons. The van der Waals surface area contributed by atoms with E-state index < -0.39 is 10.0 Å². The first-order valence-electron chi connectivity index (χ1n) is 9.26. The minimum absolute atomic E-state index is 0.0980. The van der Waals surface area contributed by atoms with Gasteiger partial charge in [0, 0.05) is 24.2 Å². The quantitative estimate of drug-likeness (QED) is 0.699. The zero-order valence-corrected chi connectivity index (χ0v) is 17.5. The van der Waals surface area contributed by atoms with Crippen LogP contribution >= 0.6 is 0 Å². The Balaban J connectivity index is 2.62. The van der Waals surface area contributed by atoms with E-state index in [1.165, 1.54) is 4.31 Å². The van der Waals surface area contributed by atoms with Crippen molar-refractivity contribution in [3.8, 4) is 0 Å². The lowest BCUT2D eigenvalue weighted by molar-refractivity contribution is 0.493. The molecule has 26 heavy (non-hydrogen) atoms. The van der Waals surface area contributed by atoms with Crippen LogP contribution in [0.25, 0.3) is 0 Å². The van der Waals surface area contributed by atoms with Crippen molar-refractivity contribution >= 4 is 15.7 Å². The number of anilines is 1. The van der Waals surface area contributed by atoms with Crippen molar-refractivity contribution < 1.29 is 8.42 Å². The molecule has 0 spiro atoms. The van der Waals surface area contributed by atoms with Gasteiger partial charge in [0.05, 0.1) is 11.4 Å². The number of rotatable bonds is 7. The molecule has 1 aromatic carbocycles. The summed E-state index contributed by atoms with van der Waals surface area (Å²) in [6, 6.07) is 9.41. The predicted octanol–water partition coefficient (Wildman–Crippen LogP) is 4.76. The SMILES string of the molecule is CCCCN(c1ccccc1)S(=O)(=O)c1cn(C(C)C)nc1C(C)(C)C. The Bertz CT molecular complexity index is 818. The molecule has 1 aromatic heterocycles. The molecule has 0 unspecified atom stereocenters. The van der Waals surface area contributed by atoms with Gasteiger partial charge in [0.25, 0.3) is 10.0 Å². The van der Waals surface area contributed by atoms with Gasteiger partial charge in [-0.1, -0.05) is 52.3 Å². The third-order valence-electron chi connectivity index (χ3n) is 4.26. The van der Waals surface area contributed by atoms with Crippen molar-refractivity contribution in [2.45, 2.75) is 70.7 Å². The lowest BCUT2D eigenvalue weighted by atomic mass is 9.92. The van der Waals surface area contributed by atoms with Crippen molar-refractivity contribution in [2.24, 2.45) is 0 Å². The van der Waals surface area contributed by atoms with E-state index in [1.807, 2.05) is 65.0 Å². The van der Waals surface area contributed by atoms with Crippen LogP contribution in [0.15, 0.2) is 41.4 Å².